The van der Waals surface area contributed by atoms with E-state index in [0.717, 1.165) is 27.4 Å². The maximum atomic E-state index is 12.8. The number of nitrogens with one attached hydrogen (secondary N) is 1. The fourth-order valence-corrected chi connectivity index (χ4v) is 3.49. The van der Waals surface area contributed by atoms with E-state index in [9.17, 15) is 4.79 Å². The van der Waals surface area contributed by atoms with Crippen LogP contribution in [0, 0.1) is 0 Å². The number of methoxy groups -OCH3 is 2. The summed E-state index contributed by atoms with van der Waals surface area (Å²) in [6.45, 7) is 0.593. The van der Waals surface area contributed by atoms with Gasteiger partial charge in [-0.3, -0.25) is 4.79 Å². The van der Waals surface area contributed by atoms with Crippen LogP contribution in [0.2, 0.25) is 0 Å². The van der Waals surface area contributed by atoms with Crippen LogP contribution in [-0.4, -0.2) is 43.6 Å². The highest BCUT2D eigenvalue weighted by Crippen LogP contribution is 2.29. The molecule has 1 heterocycles. The third-order valence-electron chi connectivity index (χ3n) is 4.39. The number of halogens is 1. The first kappa shape index (κ1) is 18.3. The molecule has 3 aromatic rings. The third-order valence-corrected chi connectivity index (χ3v) is 5.21. The quantitative estimate of drug-likeness (QED) is 0.652. The summed E-state index contributed by atoms with van der Waals surface area (Å²) in [5, 5.41) is 1.00. The van der Waals surface area contributed by atoms with Crippen LogP contribution in [0.1, 0.15) is 16.1 Å². The fourth-order valence-electron chi connectivity index (χ4n) is 2.88. The average molecular weight is 417 g/mol. The van der Waals surface area contributed by atoms with Gasteiger partial charge in [0.2, 0.25) is 0 Å². The first-order chi connectivity index (χ1) is 12.5. The fraction of sp³-hybridized carbons (Fsp3) is 0.250. The highest BCUT2D eigenvalue weighted by Gasteiger charge is 2.19. The molecule has 6 heteroatoms. The van der Waals surface area contributed by atoms with Crippen LogP contribution in [0.15, 0.2) is 46.9 Å². The molecule has 3 rings (SSSR count). The Hall–Kier alpha value is -2.47. The summed E-state index contributed by atoms with van der Waals surface area (Å²) in [5.41, 5.74) is 2.59. The minimum Gasteiger partial charge on any atom is -0.493 e. The van der Waals surface area contributed by atoms with Gasteiger partial charge in [0.15, 0.2) is 11.5 Å². The van der Waals surface area contributed by atoms with E-state index < -0.39 is 0 Å². The molecule has 26 heavy (non-hydrogen) atoms. The monoisotopic (exact) mass is 416 g/mol. The molecule has 1 amide bonds. The molecule has 0 saturated heterocycles. The molecule has 5 nitrogen and oxygen atoms in total. The van der Waals surface area contributed by atoms with Crippen LogP contribution in [-0.2, 0) is 6.42 Å². The van der Waals surface area contributed by atoms with Gasteiger partial charge >= 0.3 is 0 Å². The van der Waals surface area contributed by atoms with Gasteiger partial charge in [-0.1, -0.05) is 24.3 Å². The number of carbonyl (C=O) groups excluding carboxylic acids is 1. The van der Waals surface area contributed by atoms with Gasteiger partial charge in [-0.2, -0.15) is 0 Å². The summed E-state index contributed by atoms with van der Waals surface area (Å²) in [6.07, 6.45) is 0.723. The summed E-state index contributed by atoms with van der Waals surface area (Å²) in [4.78, 5) is 17.7. The maximum absolute atomic E-state index is 12.8. The number of para-hydroxylation sites is 1. The van der Waals surface area contributed by atoms with Crippen molar-refractivity contribution in [1.29, 1.82) is 0 Å². The number of hydrogen-bond acceptors (Lipinski definition) is 3. The standard InChI is InChI=1S/C20H21BrN2O3/c1-23(11-10-13-8-9-16(25-2)17(12-13)26-3)20(24)19-18(21)14-6-4-5-7-15(14)22-19/h4-9,12,22H,10-11H2,1-3H3. The molecule has 0 spiro atoms. The Bertz CT molecular complexity index is 936. The summed E-state index contributed by atoms with van der Waals surface area (Å²) >= 11 is 3.54. The average Bonchev–Trinajstić information content (AvgIpc) is 3.02. The first-order valence-corrected chi connectivity index (χ1v) is 9.07. The number of carbonyl (C=O) groups is 1. The van der Waals surface area contributed by atoms with Crippen LogP contribution in [0.3, 0.4) is 0 Å². The first-order valence-electron chi connectivity index (χ1n) is 8.27. The summed E-state index contributed by atoms with van der Waals surface area (Å²) in [7, 11) is 5.04. The second kappa shape index (κ2) is 7.83. The van der Waals surface area contributed by atoms with E-state index in [-0.39, 0.29) is 5.91 Å². The van der Waals surface area contributed by atoms with E-state index in [2.05, 4.69) is 20.9 Å². The Morgan fingerprint density at radius 3 is 2.54 bits per heavy atom. The molecule has 0 aliphatic carbocycles. The minimum atomic E-state index is -0.0476. The molecule has 0 saturated carbocycles. The molecular formula is C20H21BrN2O3. The number of ether oxygens (including phenoxy) is 2. The van der Waals surface area contributed by atoms with Crippen LogP contribution in [0.5, 0.6) is 11.5 Å². The van der Waals surface area contributed by atoms with E-state index in [1.165, 1.54) is 0 Å². The number of hydrogen-bond donors (Lipinski definition) is 1. The Morgan fingerprint density at radius 2 is 1.85 bits per heavy atom. The molecule has 0 atom stereocenters. The molecule has 0 unspecified atom stereocenters. The molecule has 1 aromatic heterocycles. The van der Waals surface area contributed by atoms with Gasteiger partial charge in [0.05, 0.1) is 18.7 Å². The number of aromatic nitrogens is 1. The van der Waals surface area contributed by atoms with Crippen molar-refractivity contribution >= 4 is 32.7 Å². The Morgan fingerprint density at radius 1 is 1.12 bits per heavy atom. The largest absolute Gasteiger partial charge is 0.493 e. The number of benzene rings is 2. The molecule has 1 N–H and O–H groups in total. The van der Waals surface area contributed by atoms with Crippen LogP contribution < -0.4 is 9.47 Å². The Kier molecular flexibility index (Phi) is 5.52. The minimum absolute atomic E-state index is 0.0476. The van der Waals surface area contributed by atoms with Gasteiger partial charge in [-0.15, -0.1) is 0 Å². The summed E-state index contributed by atoms with van der Waals surface area (Å²) in [5.74, 6) is 1.34. The number of rotatable bonds is 6. The lowest BCUT2D eigenvalue weighted by molar-refractivity contribution is 0.0791. The smallest absolute Gasteiger partial charge is 0.271 e. The van der Waals surface area contributed by atoms with Gasteiger partial charge in [-0.05, 0) is 46.1 Å². The van der Waals surface area contributed by atoms with Crippen molar-refractivity contribution in [1.82, 2.24) is 9.88 Å². The molecule has 0 bridgehead atoms. The van der Waals surface area contributed by atoms with Gasteiger partial charge < -0.3 is 19.4 Å². The molecule has 136 valence electrons. The van der Waals surface area contributed by atoms with Crippen molar-refractivity contribution in [2.75, 3.05) is 27.8 Å². The highest BCUT2D eigenvalue weighted by atomic mass is 79.9. The zero-order valence-electron chi connectivity index (χ0n) is 15.0. The van der Waals surface area contributed by atoms with Crippen molar-refractivity contribution in [3.63, 3.8) is 0 Å². The van der Waals surface area contributed by atoms with Crippen molar-refractivity contribution in [3.8, 4) is 11.5 Å². The predicted molar refractivity (Wildman–Crippen MR) is 106 cm³/mol. The van der Waals surface area contributed by atoms with E-state index in [1.807, 2.05) is 42.5 Å². The predicted octanol–water partition coefficient (Wildman–Crippen LogP) is 4.26. The van der Waals surface area contributed by atoms with Crippen molar-refractivity contribution in [3.05, 3.63) is 58.2 Å². The van der Waals surface area contributed by atoms with Gasteiger partial charge in [0.1, 0.15) is 5.69 Å². The van der Waals surface area contributed by atoms with E-state index in [0.29, 0.717) is 23.7 Å². The van der Waals surface area contributed by atoms with Gasteiger partial charge in [0, 0.05) is 24.5 Å². The number of fused-ring (bicyclic) bond motifs is 1. The normalized spacial score (nSPS) is 10.8. The lowest BCUT2D eigenvalue weighted by Gasteiger charge is -2.17. The lowest BCUT2D eigenvalue weighted by atomic mass is 10.1. The second-order valence-corrected chi connectivity index (χ2v) is 6.82. The number of nitrogens with zero attached hydrogens (tertiary/aromatic N) is 1. The van der Waals surface area contributed by atoms with Crippen LogP contribution >= 0.6 is 15.9 Å². The lowest BCUT2D eigenvalue weighted by Crippen LogP contribution is -2.29. The number of likely N-dealkylation sites (N-methyl/N-ethyl adjacent to an activating group) is 1. The second-order valence-electron chi connectivity index (χ2n) is 6.03. The highest BCUT2D eigenvalue weighted by molar-refractivity contribution is 9.10. The molecule has 2 aromatic carbocycles. The molecule has 0 aliphatic rings. The van der Waals surface area contributed by atoms with Crippen molar-refractivity contribution in [2.24, 2.45) is 0 Å². The molecular weight excluding hydrogens is 396 g/mol. The van der Waals surface area contributed by atoms with Crippen molar-refractivity contribution < 1.29 is 14.3 Å². The third kappa shape index (κ3) is 3.55. The summed E-state index contributed by atoms with van der Waals surface area (Å²) in [6, 6.07) is 13.6. The Balaban J connectivity index is 1.72. The zero-order chi connectivity index (χ0) is 18.7. The van der Waals surface area contributed by atoms with E-state index in [4.69, 9.17) is 9.47 Å². The van der Waals surface area contributed by atoms with E-state index in [1.54, 1.807) is 26.2 Å². The molecule has 0 aliphatic heterocycles. The number of aromatic amines is 1. The van der Waals surface area contributed by atoms with Gasteiger partial charge in [-0.25, -0.2) is 0 Å². The SMILES string of the molecule is COc1ccc(CCN(C)C(=O)c2[nH]c3ccccc3c2Br)cc1OC. The number of H-pyrrole nitrogens is 1. The molecule has 0 fully saturated rings. The van der Waals surface area contributed by atoms with Crippen LogP contribution in [0.4, 0.5) is 0 Å². The van der Waals surface area contributed by atoms with Crippen LogP contribution in [0.25, 0.3) is 10.9 Å². The maximum Gasteiger partial charge on any atom is 0.271 e. The number of amides is 1. The zero-order valence-corrected chi connectivity index (χ0v) is 16.6. The van der Waals surface area contributed by atoms with Crippen molar-refractivity contribution in [2.45, 2.75) is 6.42 Å². The topological polar surface area (TPSA) is 54.6 Å². The molecule has 0 radical (unpaired) electrons. The summed E-state index contributed by atoms with van der Waals surface area (Å²) < 4.78 is 11.4. The van der Waals surface area contributed by atoms with Gasteiger partial charge in [0.25, 0.3) is 5.91 Å². The Labute approximate surface area is 161 Å². The van der Waals surface area contributed by atoms with E-state index >= 15 is 0 Å².